The van der Waals surface area contributed by atoms with E-state index in [0.29, 0.717) is 25.6 Å². The lowest BCUT2D eigenvalue weighted by Crippen LogP contribution is -2.17. The van der Waals surface area contributed by atoms with E-state index in [2.05, 4.69) is 0 Å². The Kier molecular flexibility index (Phi) is 7.25. The predicted molar refractivity (Wildman–Crippen MR) is 88.3 cm³/mol. The van der Waals surface area contributed by atoms with E-state index in [1.54, 1.807) is 12.1 Å². The van der Waals surface area contributed by atoms with Crippen LogP contribution < -0.4 is 4.52 Å². The molecule has 1 saturated heterocycles. The van der Waals surface area contributed by atoms with Crippen LogP contribution in [0.5, 0.6) is 5.75 Å². The Balaban J connectivity index is 2.08. The van der Waals surface area contributed by atoms with Crippen molar-refractivity contribution < 1.29 is 23.1 Å². The van der Waals surface area contributed by atoms with E-state index in [4.69, 9.17) is 18.5 Å². The first kappa shape index (κ1) is 17.8. The van der Waals surface area contributed by atoms with Crippen molar-refractivity contribution in [2.24, 2.45) is 0 Å². The van der Waals surface area contributed by atoms with Gasteiger partial charge in [0.2, 0.25) is 0 Å². The monoisotopic (exact) mass is 346 g/mol. The average Bonchev–Trinajstić information content (AvgIpc) is 2.54. The molecule has 1 aliphatic rings. The standard InChI is InChI=1S/C15H23O5PS/c1-3-11-22-21(16,19-4-2)20-14-8-5-7-13(12-14)15-17-9-6-10-18-15/h5,7-8,12,15H,3-4,6,9-11H2,1-2H3. The lowest BCUT2D eigenvalue weighted by Gasteiger charge is -2.24. The smallest absolute Gasteiger partial charge is 0.417 e. The molecule has 124 valence electrons. The minimum absolute atomic E-state index is 0.350. The maximum atomic E-state index is 12.7. The Bertz CT molecular complexity index is 504. The largest absolute Gasteiger partial charge is 0.440 e. The summed E-state index contributed by atoms with van der Waals surface area (Å²) in [6.45, 7) is 2.36. The van der Waals surface area contributed by atoms with Crippen molar-refractivity contribution >= 4 is 18.2 Å². The molecule has 0 amide bonds. The highest BCUT2D eigenvalue weighted by atomic mass is 32.7. The second kappa shape index (κ2) is 8.94. The van der Waals surface area contributed by atoms with Gasteiger partial charge >= 0.3 is 6.80 Å². The van der Waals surface area contributed by atoms with Crippen LogP contribution in [0, 0.1) is 0 Å². The van der Waals surface area contributed by atoms with E-state index in [0.717, 1.165) is 24.2 Å². The number of hydrogen-bond donors (Lipinski definition) is 0. The fourth-order valence-corrected chi connectivity index (χ4v) is 5.43. The minimum atomic E-state index is -3.18. The van der Waals surface area contributed by atoms with Gasteiger partial charge in [-0.05, 0) is 43.3 Å². The molecule has 1 heterocycles. The van der Waals surface area contributed by atoms with Gasteiger partial charge in [-0.2, -0.15) is 0 Å². The molecule has 0 spiro atoms. The summed E-state index contributed by atoms with van der Waals surface area (Å²) >= 11 is 1.23. The molecular weight excluding hydrogens is 323 g/mol. The molecule has 1 fully saturated rings. The van der Waals surface area contributed by atoms with Crippen LogP contribution in [-0.2, 0) is 18.6 Å². The third-order valence-electron chi connectivity index (χ3n) is 2.92. The topological polar surface area (TPSA) is 54.0 Å². The molecule has 1 atom stereocenters. The maximum Gasteiger partial charge on any atom is 0.440 e. The minimum Gasteiger partial charge on any atom is -0.417 e. The first-order chi connectivity index (χ1) is 10.7. The molecular formula is C15H23O5PS. The molecule has 22 heavy (non-hydrogen) atoms. The second-order valence-corrected chi connectivity index (χ2v) is 8.91. The van der Waals surface area contributed by atoms with Gasteiger partial charge in [-0.15, -0.1) is 0 Å². The lowest BCUT2D eigenvalue weighted by atomic mass is 10.2. The van der Waals surface area contributed by atoms with E-state index in [-0.39, 0.29) is 6.29 Å². The summed E-state index contributed by atoms with van der Waals surface area (Å²) in [5.41, 5.74) is 0.862. The highest BCUT2D eigenvalue weighted by Gasteiger charge is 2.27. The predicted octanol–water partition coefficient (Wildman–Crippen LogP) is 4.79. The van der Waals surface area contributed by atoms with Gasteiger partial charge in [0.25, 0.3) is 0 Å². The summed E-state index contributed by atoms with van der Waals surface area (Å²) < 4.78 is 34.9. The van der Waals surface area contributed by atoms with Crippen LogP contribution in [0.3, 0.4) is 0 Å². The molecule has 0 bridgehead atoms. The van der Waals surface area contributed by atoms with Crippen LogP contribution in [0.2, 0.25) is 0 Å². The zero-order chi connectivity index (χ0) is 15.8. The molecule has 0 aliphatic carbocycles. The summed E-state index contributed by atoms with van der Waals surface area (Å²) in [4.78, 5) is 0. The van der Waals surface area contributed by atoms with E-state index in [9.17, 15) is 4.57 Å². The van der Waals surface area contributed by atoms with Gasteiger partial charge in [-0.3, -0.25) is 4.52 Å². The molecule has 5 nitrogen and oxygen atoms in total. The second-order valence-electron chi connectivity index (χ2n) is 4.79. The molecule has 1 aliphatic heterocycles. The van der Waals surface area contributed by atoms with Gasteiger partial charge in [0, 0.05) is 11.3 Å². The molecule has 0 aromatic heterocycles. The number of benzene rings is 1. The summed E-state index contributed by atoms with van der Waals surface area (Å²) in [5, 5.41) is 0. The molecule has 7 heteroatoms. The normalized spacial score (nSPS) is 18.8. The van der Waals surface area contributed by atoms with Crippen molar-refractivity contribution in [1.82, 2.24) is 0 Å². The summed E-state index contributed by atoms with van der Waals surface area (Å²) in [5.74, 6) is 1.24. The van der Waals surface area contributed by atoms with Crippen LogP contribution in [0.4, 0.5) is 0 Å². The fourth-order valence-electron chi connectivity index (χ4n) is 1.98. The Morgan fingerprint density at radius 2 is 2.09 bits per heavy atom. The molecule has 1 aromatic carbocycles. The quantitative estimate of drug-likeness (QED) is 0.631. The van der Waals surface area contributed by atoms with E-state index >= 15 is 0 Å². The number of ether oxygens (including phenoxy) is 2. The number of rotatable bonds is 8. The summed E-state index contributed by atoms with van der Waals surface area (Å²) in [6.07, 6.45) is 1.43. The first-order valence-electron chi connectivity index (χ1n) is 7.58. The number of hydrogen-bond acceptors (Lipinski definition) is 6. The van der Waals surface area contributed by atoms with Crippen LogP contribution in [0.25, 0.3) is 0 Å². The first-order valence-corrected chi connectivity index (χ1v) is 10.7. The van der Waals surface area contributed by atoms with Gasteiger partial charge < -0.3 is 14.0 Å². The van der Waals surface area contributed by atoms with Gasteiger partial charge in [0.05, 0.1) is 19.8 Å². The average molecular weight is 346 g/mol. The van der Waals surface area contributed by atoms with E-state index < -0.39 is 6.80 Å². The zero-order valence-electron chi connectivity index (χ0n) is 13.0. The Morgan fingerprint density at radius 3 is 2.77 bits per heavy atom. The Morgan fingerprint density at radius 1 is 1.32 bits per heavy atom. The molecule has 1 aromatic rings. The van der Waals surface area contributed by atoms with Crippen LogP contribution in [0.15, 0.2) is 24.3 Å². The van der Waals surface area contributed by atoms with Crippen LogP contribution >= 0.6 is 18.2 Å². The molecule has 0 radical (unpaired) electrons. The summed E-state index contributed by atoms with van der Waals surface area (Å²) in [6, 6.07) is 7.32. The molecule has 2 rings (SSSR count). The Labute approximate surface area is 135 Å². The SMILES string of the molecule is CCCSP(=O)(OCC)Oc1cccc(C2OCCCO2)c1. The van der Waals surface area contributed by atoms with Crippen molar-refractivity contribution in [2.75, 3.05) is 25.6 Å². The molecule has 0 saturated carbocycles. The van der Waals surface area contributed by atoms with Crippen LogP contribution in [0.1, 0.15) is 38.5 Å². The van der Waals surface area contributed by atoms with Gasteiger partial charge in [0.1, 0.15) is 5.75 Å². The third kappa shape index (κ3) is 5.28. The maximum absolute atomic E-state index is 12.7. The van der Waals surface area contributed by atoms with Crippen molar-refractivity contribution in [3.05, 3.63) is 29.8 Å². The van der Waals surface area contributed by atoms with Crippen molar-refractivity contribution in [3.8, 4) is 5.75 Å². The molecule has 1 unspecified atom stereocenters. The third-order valence-corrected chi connectivity index (χ3v) is 6.87. The Hall–Kier alpha value is -0.520. The van der Waals surface area contributed by atoms with Crippen molar-refractivity contribution in [3.63, 3.8) is 0 Å². The van der Waals surface area contributed by atoms with Gasteiger partial charge in [0.15, 0.2) is 6.29 Å². The lowest BCUT2D eigenvalue weighted by molar-refractivity contribution is -0.183. The van der Waals surface area contributed by atoms with Gasteiger partial charge in [-0.1, -0.05) is 19.1 Å². The van der Waals surface area contributed by atoms with Gasteiger partial charge in [-0.25, -0.2) is 4.57 Å². The van der Waals surface area contributed by atoms with Crippen molar-refractivity contribution in [1.29, 1.82) is 0 Å². The van der Waals surface area contributed by atoms with E-state index in [1.165, 1.54) is 11.4 Å². The highest BCUT2D eigenvalue weighted by Crippen LogP contribution is 2.60. The molecule has 0 N–H and O–H groups in total. The highest BCUT2D eigenvalue weighted by molar-refractivity contribution is 8.55. The van der Waals surface area contributed by atoms with Crippen LogP contribution in [-0.4, -0.2) is 25.6 Å². The zero-order valence-corrected chi connectivity index (χ0v) is 14.7. The summed E-state index contributed by atoms with van der Waals surface area (Å²) in [7, 11) is 0. The van der Waals surface area contributed by atoms with Crippen molar-refractivity contribution in [2.45, 2.75) is 33.0 Å². The van der Waals surface area contributed by atoms with E-state index in [1.807, 2.05) is 26.0 Å². The fraction of sp³-hybridized carbons (Fsp3) is 0.600.